The molecular formula is C16H19N3S2. The summed E-state index contributed by atoms with van der Waals surface area (Å²) in [5.41, 5.74) is 2.23. The Morgan fingerprint density at radius 1 is 1.14 bits per heavy atom. The predicted molar refractivity (Wildman–Crippen MR) is 91.3 cm³/mol. The lowest BCUT2D eigenvalue weighted by atomic mass is 10.1. The third kappa shape index (κ3) is 3.67. The predicted octanol–water partition coefficient (Wildman–Crippen LogP) is 3.82. The molecule has 0 aliphatic carbocycles. The molecule has 0 radical (unpaired) electrons. The molecule has 0 fully saturated rings. The third-order valence-electron chi connectivity index (χ3n) is 3.34. The van der Waals surface area contributed by atoms with E-state index in [1.54, 1.807) is 22.7 Å². The van der Waals surface area contributed by atoms with Crippen molar-refractivity contribution in [1.82, 2.24) is 15.3 Å². The zero-order chi connectivity index (χ0) is 14.7. The van der Waals surface area contributed by atoms with Crippen LogP contribution in [0.25, 0.3) is 10.2 Å². The molecule has 0 aliphatic heterocycles. The molecule has 0 saturated carbocycles. The van der Waals surface area contributed by atoms with Gasteiger partial charge in [0.15, 0.2) is 0 Å². The lowest BCUT2D eigenvalue weighted by Crippen LogP contribution is -2.33. The highest BCUT2D eigenvalue weighted by atomic mass is 32.1. The molecule has 0 amide bonds. The van der Waals surface area contributed by atoms with Gasteiger partial charge in [0.05, 0.1) is 20.2 Å². The molecule has 3 rings (SSSR count). The fraction of sp³-hybridized carbons (Fsp3) is 0.375. The second-order valence-corrected chi connectivity index (χ2v) is 7.18. The minimum atomic E-state index is 0.404. The largest absolute Gasteiger partial charge is 0.313 e. The van der Waals surface area contributed by atoms with E-state index in [9.17, 15) is 0 Å². The van der Waals surface area contributed by atoms with Gasteiger partial charge >= 0.3 is 0 Å². The summed E-state index contributed by atoms with van der Waals surface area (Å²) in [6.07, 6.45) is 1.94. The topological polar surface area (TPSA) is 37.8 Å². The van der Waals surface area contributed by atoms with Crippen molar-refractivity contribution < 1.29 is 0 Å². The van der Waals surface area contributed by atoms with Crippen molar-refractivity contribution in [3.8, 4) is 0 Å². The maximum Gasteiger partial charge on any atom is 0.0954 e. The van der Waals surface area contributed by atoms with Crippen LogP contribution in [0.15, 0.2) is 29.6 Å². The van der Waals surface area contributed by atoms with Crippen LogP contribution in [-0.2, 0) is 12.8 Å². The molecule has 2 aromatic heterocycles. The first-order valence-corrected chi connectivity index (χ1v) is 8.93. The number of rotatable bonds is 6. The SMILES string of the molecule is CCNC(Cc1nc(C)cs1)Cc1nc2ccccc2s1. The Hall–Kier alpha value is -1.30. The molecule has 5 heteroatoms. The van der Waals surface area contributed by atoms with Crippen LogP contribution in [0, 0.1) is 6.92 Å². The molecule has 21 heavy (non-hydrogen) atoms. The van der Waals surface area contributed by atoms with Crippen molar-refractivity contribution in [2.75, 3.05) is 6.54 Å². The maximum absolute atomic E-state index is 4.74. The van der Waals surface area contributed by atoms with E-state index >= 15 is 0 Å². The zero-order valence-electron chi connectivity index (χ0n) is 12.3. The summed E-state index contributed by atoms with van der Waals surface area (Å²) >= 11 is 3.55. The highest BCUT2D eigenvalue weighted by Gasteiger charge is 2.14. The van der Waals surface area contributed by atoms with E-state index in [1.807, 2.05) is 6.07 Å². The molecule has 0 spiro atoms. The van der Waals surface area contributed by atoms with E-state index in [0.717, 1.165) is 30.6 Å². The summed E-state index contributed by atoms with van der Waals surface area (Å²) in [6.45, 7) is 5.17. The Bertz CT molecular complexity index is 684. The monoisotopic (exact) mass is 317 g/mol. The van der Waals surface area contributed by atoms with Gasteiger partial charge in [0.2, 0.25) is 0 Å². The molecule has 1 unspecified atom stereocenters. The van der Waals surface area contributed by atoms with E-state index in [-0.39, 0.29) is 0 Å². The van der Waals surface area contributed by atoms with Crippen molar-refractivity contribution in [3.63, 3.8) is 0 Å². The molecular weight excluding hydrogens is 298 g/mol. The fourth-order valence-corrected chi connectivity index (χ4v) is 4.33. The van der Waals surface area contributed by atoms with Crippen LogP contribution in [0.3, 0.4) is 0 Å². The van der Waals surface area contributed by atoms with Gasteiger partial charge in [-0.15, -0.1) is 22.7 Å². The number of aryl methyl sites for hydroxylation is 1. The first-order chi connectivity index (χ1) is 10.2. The van der Waals surface area contributed by atoms with E-state index in [1.165, 1.54) is 14.7 Å². The first kappa shape index (κ1) is 14.6. The summed E-state index contributed by atoms with van der Waals surface area (Å²) in [5.74, 6) is 0. The van der Waals surface area contributed by atoms with Gasteiger partial charge in [0, 0.05) is 30.0 Å². The van der Waals surface area contributed by atoms with Crippen molar-refractivity contribution in [3.05, 3.63) is 45.4 Å². The summed E-state index contributed by atoms with van der Waals surface area (Å²) in [4.78, 5) is 9.32. The number of nitrogens with zero attached hydrogens (tertiary/aromatic N) is 2. The Morgan fingerprint density at radius 2 is 1.95 bits per heavy atom. The van der Waals surface area contributed by atoms with Crippen LogP contribution in [0.2, 0.25) is 0 Å². The van der Waals surface area contributed by atoms with Crippen LogP contribution in [0.1, 0.15) is 22.6 Å². The first-order valence-electron chi connectivity index (χ1n) is 7.23. The molecule has 110 valence electrons. The molecule has 0 bridgehead atoms. The highest BCUT2D eigenvalue weighted by molar-refractivity contribution is 7.18. The number of fused-ring (bicyclic) bond motifs is 1. The van der Waals surface area contributed by atoms with Crippen molar-refractivity contribution in [2.45, 2.75) is 32.7 Å². The average Bonchev–Trinajstić information content (AvgIpc) is 3.04. The van der Waals surface area contributed by atoms with Crippen molar-refractivity contribution >= 4 is 32.9 Å². The number of para-hydroxylation sites is 1. The number of nitrogens with one attached hydrogen (secondary N) is 1. The summed E-state index contributed by atoms with van der Waals surface area (Å²) in [6, 6.07) is 8.75. The van der Waals surface area contributed by atoms with Crippen LogP contribution >= 0.6 is 22.7 Å². The highest BCUT2D eigenvalue weighted by Crippen LogP contribution is 2.23. The standard InChI is InChI=1S/C16H19N3S2/c1-3-17-12(8-15-18-11(2)10-20-15)9-16-19-13-6-4-5-7-14(13)21-16/h4-7,10,12,17H,3,8-9H2,1-2H3. The summed E-state index contributed by atoms with van der Waals surface area (Å²) in [5, 5.41) is 8.10. The van der Waals surface area contributed by atoms with Gasteiger partial charge in [-0.2, -0.15) is 0 Å². The van der Waals surface area contributed by atoms with Crippen LogP contribution in [0.5, 0.6) is 0 Å². The number of hydrogen-bond acceptors (Lipinski definition) is 5. The number of likely N-dealkylation sites (N-methyl/N-ethyl adjacent to an activating group) is 1. The Labute approximate surface area is 133 Å². The Kier molecular flexibility index (Phi) is 4.63. The number of thiazole rings is 2. The van der Waals surface area contributed by atoms with Gasteiger partial charge in [-0.1, -0.05) is 19.1 Å². The number of aromatic nitrogens is 2. The normalized spacial score (nSPS) is 12.9. The Morgan fingerprint density at radius 3 is 2.67 bits per heavy atom. The van der Waals surface area contributed by atoms with Crippen molar-refractivity contribution in [2.24, 2.45) is 0 Å². The smallest absolute Gasteiger partial charge is 0.0954 e. The van der Waals surface area contributed by atoms with Crippen LogP contribution < -0.4 is 5.32 Å². The average molecular weight is 317 g/mol. The van der Waals surface area contributed by atoms with Gasteiger partial charge in [-0.25, -0.2) is 9.97 Å². The van der Waals surface area contributed by atoms with Crippen molar-refractivity contribution in [1.29, 1.82) is 0 Å². The van der Waals surface area contributed by atoms with Gasteiger partial charge < -0.3 is 5.32 Å². The van der Waals surface area contributed by atoms with Gasteiger partial charge in [-0.3, -0.25) is 0 Å². The third-order valence-corrected chi connectivity index (χ3v) is 5.39. The summed E-state index contributed by atoms with van der Waals surface area (Å²) < 4.78 is 1.27. The van der Waals surface area contributed by atoms with Crippen LogP contribution in [-0.4, -0.2) is 22.6 Å². The maximum atomic E-state index is 4.74. The minimum absolute atomic E-state index is 0.404. The lowest BCUT2D eigenvalue weighted by Gasteiger charge is -2.15. The number of hydrogen-bond donors (Lipinski definition) is 1. The van der Waals surface area contributed by atoms with Gasteiger partial charge in [0.1, 0.15) is 0 Å². The Balaban J connectivity index is 1.74. The minimum Gasteiger partial charge on any atom is -0.313 e. The van der Waals surface area contributed by atoms with Gasteiger partial charge in [0.25, 0.3) is 0 Å². The quantitative estimate of drug-likeness (QED) is 0.751. The van der Waals surface area contributed by atoms with E-state index in [4.69, 9.17) is 4.98 Å². The second-order valence-electron chi connectivity index (χ2n) is 5.12. The van der Waals surface area contributed by atoms with E-state index in [2.05, 4.69) is 47.7 Å². The molecule has 3 aromatic rings. The molecule has 3 nitrogen and oxygen atoms in total. The fourth-order valence-electron chi connectivity index (χ4n) is 2.43. The number of benzene rings is 1. The van der Waals surface area contributed by atoms with Crippen LogP contribution in [0.4, 0.5) is 0 Å². The molecule has 1 N–H and O–H groups in total. The molecule has 2 heterocycles. The van der Waals surface area contributed by atoms with Gasteiger partial charge in [-0.05, 0) is 25.6 Å². The molecule has 1 aromatic carbocycles. The molecule has 0 saturated heterocycles. The zero-order valence-corrected chi connectivity index (χ0v) is 13.9. The van der Waals surface area contributed by atoms with E-state index < -0.39 is 0 Å². The lowest BCUT2D eigenvalue weighted by molar-refractivity contribution is 0.519. The van der Waals surface area contributed by atoms with E-state index in [0.29, 0.717) is 6.04 Å². The molecule has 0 aliphatic rings. The molecule has 1 atom stereocenters. The second kappa shape index (κ2) is 6.64. The summed E-state index contributed by atoms with van der Waals surface area (Å²) in [7, 11) is 0.